The minimum absolute atomic E-state index is 0. The lowest BCUT2D eigenvalue weighted by atomic mass is 10.2. The Bertz CT molecular complexity index is 582. The summed E-state index contributed by atoms with van der Waals surface area (Å²) in [6.45, 7) is 2.92. The lowest BCUT2D eigenvalue weighted by Gasteiger charge is -2.12. The number of nitrogens with zero attached hydrogens (tertiary/aromatic N) is 2. The smallest absolute Gasteiger partial charge is 0.191 e. The highest BCUT2D eigenvalue weighted by Gasteiger charge is 1.99. The van der Waals surface area contributed by atoms with E-state index in [1.165, 1.54) is 5.56 Å². The number of rotatable bonds is 10. The van der Waals surface area contributed by atoms with Crippen molar-refractivity contribution < 1.29 is 4.74 Å². The molecule has 0 saturated heterocycles. The maximum atomic E-state index is 5.64. The van der Waals surface area contributed by atoms with E-state index in [1.807, 2.05) is 29.8 Å². The zero-order valence-electron chi connectivity index (χ0n) is 14.3. The van der Waals surface area contributed by atoms with Crippen LogP contribution in [-0.4, -0.2) is 43.4 Å². The summed E-state index contributed by atoms with van der Waals surface area (Å²) in [5, 5.41) is 8.57. The lowest BCUT2D eigenvalue weighted by molar-refractivity contribution is 0.125. The van der Waals surface area contributed by atoms with E-state index in [-0.39, 0.29) is 24.0 Å². The number of hydrogen-bond donors (Lipinski definition) is 2. The van der Waals surface area contributed by atoms with Gasteiger partial charge >= 0.3 is 0 Å². The molecule has 1 aromatic carbocycles. The maximum absolute atomic E-state index is 5.64. The molecule has 0 spiro atoms. The molecule has 0 saturated carbocycles. The van der Waals surface area contributed by atoms with E-state index in [0.717, 1.165) is 35.6 Å². The van der Waals surface area contributed by atoms with Crippen LogP contribution < -0.4 is 10.6 Å². The van der Waals surface area contributed by atoms with Crippen LogP contribution >= 0.6 is 47.1 Å². The second kappa shape index (κ2) is 14.3. The van der Waals surface area contributed by atoms with Gasteiger partial charge in [-0.2, -0.15) is 0 Å². The molecule has 138 valence electrons. The van der Waals surface area contributed by atoms with Crippen molar-refractivity contribution in [3.8, 4) is 0 Å². The van der Waals surface area contributed by atoms with Crippen LogP contribution in [0.2, 0.25) is 0 Å². The summed E-state index contributed by atoms with van der Waals surface area (Å²) in [4.78, 5) is 8.47. The van der Waals surface area contributed by atoms with Crippen molar-refractivity contribution in [1.29, 1.82) is 0 Å². The summed E-state index contributed by atoms with van der Waals surface area (Å²) in [6, 6.07) is 10.2. The molecule has 0 unspecified atom stereocenters. The molecule has 2 aromatic rings. The zero-order chi connectivity index (χ0) is 16.9. The third-order valence-electron chi connectivity index (χ3n) is 3.12. The molecule has 0 bridgehead atoms. The van der Waals surface area contributed by atoms with Crippen molar-refractivity contribution in [2.75, 3.05) is 32.5 Å². The van der Waals surface area contributed by atoms with E-state index in [1.54, 1.807) is 30.1 Å². The number of nitrogens with one attached hydrogen (secondary N) is 2. The second-order valence-electron chi connectivity index (χ2n) is 4.96. The van der Waals surface area contributed by atoms with Crippen LogP contribution in [0.5, 0.6) is 0 Å². The van der Waals surface area contributed by atoms with Gasteiger partial charge in [0.1, 0.15) is 4.34 Å². The number of hydrogen-bond acceptors (Lipinski definition) is 5. The van der Waals surface area contributed by atoms with Crippen molar-refractivity contribution in [2.24, 2.45) is 4.99 Å². The standard InChI is InChI=1S/C17H24N4OS2.HI/c1-18-16(19-8-5-12-23-17-21-10-13-24-17)20-9-11-22-14-15-6-3-2-4-7-15;/h2-4,6-7,10,13H,5,8-9,11-12,14H2,1H3,(H2,18,19,20);1H. The molecular weight excluding hydrogens is 467 g/mol. The minimum atomic E-state index is 0. The number of benzene rings is 1. The third kappa shape index (κ3) is 10.0. The minimum Gasteiger partial charge on any atom is -0.375 e. The number of halogens is 1. The number of aromatic nitrogens is 1. The Morgan fingerprint density at radius 2 is 2.04 bits per heavy atom. The van der Waals surface area contributed by atoms with Gasteiger partial charge in [-0.3, -0.25) is 4.99 Å². The normalized spacial score (nSPS) is 11.0. The summed E-state index contributed by atoms with van der Waals surface area (Å²) in [5.41, 5.74) is 1.19. The van der Waals surface area contributed by atoms with Gasteiger partial charge in [0.2, 0.25) is 0 Å². The molecule has 0 aliphatic heterocycles. The quantitative estimate of drug-likeness (QED) is 0.175. The molecule has 25 heavy (non-hydrogen) atoms. The van der Waals surface area contributed by atoms with E-state index in [4.69, 9.17) is 4.74 Å². The van der Waals surface area contributed by atoms with E-state index in [0.29, 0.717) is 13.2 Å². The lowest BCUT2D eigenvalue weighted by Crippen LogP contribution is -2.39. The van der Waals surface area contributed by atoms with Crippen LogP contribution in [0, 0.1) is 0 Å². The Balaban J connectivity index is 0.00000312. The molecule has 1 aromatic heterocycles. The van der Waals surface area contributed by atoms with Gasteiger partial charge in [-0.15, -0.1) is 35.3 Å². The largest absolute Gasteiger partial charge is 0.375 e. The molecule has 5 nitrogen and oxygen atoms in total. The Kier molecular flexibility index (Phi) is 12.7. The van der Waals surface area contributed by atoms with Crippen molar-refractivity contribution in [2.45, 2.75) is 17.4 Å². The van der Waals surface area contributed by atoms with Gasteiger partial charge in [0.05, 0.1) is 13.2 Å². The van der Waals surface area contributed by atoms with Crippen molar-refractivity contribution in [3.63, 3.8) is 0 Å². The van der Waals surface area contributed by atoms with Crippen LogP contribution in [0.25, 0.3) is 0 Å². The van der Waals surface area contributed by atoms with Gasteiger partial charge in [0, 0.05) is 37.5 Å². The van der Waals surface area contributed by atoms with Crippen LogP contribution in [0.1, 0.15) is 12.0 Å². The van der Waals surface area contributed by atoms with Crippen LogP contribution in [0.3, 0.4) is 0 Å². The number of thioether (sulfide) groups is 1. The Hall–Kier alpha value is -0.840. The molecule has 2 N–H and O–H groups in total. The molecule has 0 amide bonds. The average molecular weight is 492 g/mol. The fourth-order valence-electron chi connectivity index (χ4n) is 1.95. The molecule has 0 fully saturated rings. The first-order chi connectivity index (χ1) is 11.9. The van der Waals surface area contributed by atoms with E-state index in [9.17, 15) is 0 Å². The third-order valence-corrected chi connectivity index (χ3v) is 5.17. The predicted molar refractivity (Wildman–Crippen MR) is 118 cm³/mol. The fraction of sp³-hybridized carbons (Fsp3) is 0.412. The molecule has 1 heterocycles. The summed E-state index contributed by atoms with van der Waals surface area (Å²) in [6.07, 6.45) is 2.91. The van der Waals surface area contributed by atoms with Gasteiger partial charge in [-0.05, 0) is 12.0 Å². The van der Waals surface area contributed by atoms with Gasteiger partial charge in [-0.1, -0.05) is 42.1 Å². The number of thiazole rings is 1. The molecule has 0 aliphatic rings. The Morgan fingerprint density at radius 1 is 1.24 bits per heavy atom. The average Bonchev–Trinajstić information content (AvgIpc) is 3.14. The first-order valence-corrected chi connectivity index (χ1v) is 9.83. The van der Waals surface area contributed by atoms with Crippen LogP contribution in [-0.2, 0) is 11.3 Å². The van der Waals surface area contributed by atoms with E-state index >= 15 is 0 Å². The zero-order valence-corrected chi connectivity index (χ0v) is 18.3. The first kappa shape index (κ1) is 22.2. The predicted octanol–water partition coefficient (Wildman–Crippen LogP) is 3.63. The molecule has 0 atom stereocenters. The van der Waals surface area contributed by atoms with Gasteiger partial charge in [0.15, 0.2) is 5.96 Å². The molecule has 2 rings (SSSR count). The highest BCUT2D eigenvalue weighted by molar-refractivity contribution is 14.0. The van der Waals surface area contributed by atoms with Gasteiger partial charge < -0.3 is 15.4 Å². The van der Waals surface area contributed by atoms with Crippen molar-refractivity contribution in [1.82, 2.24) is 15.6 Å². The highest BCUT2D eigenvalue weighted by Crippen LogP contribution is 2.20. The SMILES string of the molecule is CN=C(NCCCSc1nccs1)NCCOCc1ccccc1.I. The summed E-state index contributed by atoms with van der Waals surface area (Å²) in [7, 11) is 1.78. The Labute approximate surface area is 175 Å². The van der Waals surface area contributed by atoms with Crippen LogP contribution in [0.15, 0.2) is 51.2 Å². The fourth-order valence-corrected chi connectivity index (χ4v) is 3.59. The number of aliphatic imine (C=N–C) groups is 1. The van der Waals surface area contributed by atoms with Gasteiger partial charge in [0.25, 0.3) is 0 Å². The van der Waals surface area contributed by atoms with Crippen molar-refractivity contribution >= 4 is 53.0 Å². The Morgan fingerprint density at radius 3 is 2.76 bits per heavy atom. The summed E-state index contributed by atoms with van der Waals surface area (Å²) in [5.74, 6) is 1.87. The van der Waals surface area contributed by atoms with Gasteiger partial charge in [-0.25, -0.2) is 4.98 Å². The summed E-state index contributed by atoms with van der Waals surface area (Å²) >= 11 is 3.48. The van der Waals surface area contributed by atoms with Crippen LogP contribution in [0.4, 0.5) is 0 Å². The monoisotopic (exact) mass is 492 g/mol. The molecule has 0 radical (unpaired) electrons. The number of guanidine groups is 1. The van der Waals surface area contributed by atoms with E-state index in [2.05, 4.69) is 32.7 Å². The molecule has 0 aliphatic carbocycles. The summed E-state index contributed by atoms with van der Waals surface area (Å²) < 4.78 is 6.78. The molecule has 8 heteroatoms. The topological polar surface area (TPSA) is 58.5 Å². The highest BCUT2D eigenvalue weighted by atomic mass is 127. The maximum Gasteiger partial charge on any atom is 0.191 e. The number of ether oxygens (including phenoxy) is 1. The van der Waals surface area contributed by atoms with Crippen molar-refractivity contribution in [3.05, 3.63) is 47.5 Å². The first-order valence-electron chi connectivity index (χ1n) is 7.97. The van der Waals surface area contributed by atoms with E-state index < -0.39 is 0 Å². The molecular formula is C17H25IN4OS2. The second-order valence-corrected chi connectivity index (χ2v) is 7.20.